The Labute approximate surface area is 218 Å². The molecule has 2 aromatic carbocycles. The molecule has 0 aliphatic carbocycles. The van der Waals surface area contributed by atoms with Crippen molar-refractivity contribution >= 4 is 11.6 Å². The van der Waals surface area contributed by atoms with Crippen LogP contribution >= 0.6 is 11.6 Å². The Balaban J connectivity index is 1.30. The van der Waals surface area contributed by atoms with Crippen LogP contribution in [0.3, 0.4) is 0 Å². The topological polar surface area (TPSA) is 69.0 Å². The van der Waals surface area contributed by atoms with E-state index in [1.54, 1.807) is 7.11 Å². The molecule has 1 aliphatic rings. The van der Waals surface area contributed by atoms with Crippen molar-refractivity contribution in [3.05, 3.63) is 70.5 Å². The van der Waals surface area contributed by atoms with E-state index in [4.69, 9.17) is 25.8 Å². The Morgan fingerprint density at radius 2 is 1.92 bits per heavy atom. The number of nitrogens with zero attached hydrogens (tertiary/aromatic N) is 3. The van der Waals surface area contributed by atoms with Crippen LogP contribution in [0.4, 0.5) is 0 Å². The molecule has 0 amide bonds. The number of hydrogen-bond acceptors (Lipinski definition) is 6. The predicted octanol–water partition coefficient (Wildman–Crippen LogP) is 5.04. The summed E-state index contributed by atoms with van der Waals surface area (Å²) in [7, 11) is 1.66. The van der Waals surface area contributed by atoms with Crippen LogP contribution in [0.15, 0.2) is 48.8 Å². The predicted molar refractivity (Wildman–Crippen MR) is 141 cm³/mol. The number of halogens is 1. The molecule has 194 valence electrons. The van der Waals surface area contributed by atoms with Gasteiger partial charge in [0.15, 0.2) is 11.5 Å². The van der Waals surface area contributed by atoms with Crippen LogP contribution in [0.5, 0.6) is 17.2 Å². The number of benzene rings is 2. The number of methoxy groups -OCH3 is 1. The fourth-order valence-electron chi connectivity index (χ4n) is 4.58. The molecule has 4 rings (SSSR count). The molecule has 1 aliphatic heterocycles. The molecule has 1 unspecified atom stereocenters. The van der Waals surface area contributed by atoms with E-state index in [0.717, 1.165) is 48.4 Å². The van der Waals surface area contributed by atoms with Gasteiger partial charge in [0.05, 0.1) is 24.9 Å². The third kappa shape index (κ3) is 7.15. The van der Waals surface area contributed by atoms with Crippen molar-refractivity contribution in [2.75, 3.05) is 33.4 Å². The summed E-state index contributed by atoms with van der Waals surface area (Å²) >= 11 is 6.26. The van der Waals surface area contributed by atoms with E-state index in [-0.39, 0.29) is 6.61 Å². The van der Waals surface area contributed by atoms with E-state index in [9.17, 15) is 5.11 Å². The lowest BCUT2D eigenvalue weighted by molar-refractivity contribution is -0.0621. The van der Waals surface area contributed by atoms with Gasteiger partial charge in [-0.1, -0.05) is 23.7 Å². The van der Waals surface area contributed by atoms with Crippen molar-refractivity contribution in [2.24, 2.45) is 0 Å². The number of aryl methyl sites for hydroxylation is 3. The van der Waals surface area contributed by atoms with E-state index in [1.165, 1.54) is 0 Å². The van der Waals surface area contributed by atoms with E-state index in [1.807, 2.05) is 61.3 Å². The van der Waals surface area contributed by atoms with Gasteiger partial charge in [-0.3, -0.25) is 9.58 Å². The Morgan fingerprint density at radius 3 is 2.69 bits per heavy atom. The first kappa shape index (κ1) is 26.3. The summed E-state index contributed by atoms with van der Waals surface area (Å²) in [4.78, 5) is 2.26. The van der Waals surface area contributed by atoms with E-state index in [2.05, 4.69) is 16.1 Å². The van der Waals surface area contributed by atoms with Gasteiger partial charge in [-0.25, -0.2) is 0 Å². The maximum absolute atomic E-state index is 11.2. The highest BCUT2D eigenvalue weighted by molar-refractivity contribution is 6.32. The highest BCUT2D eigenvalue weighted by Crippen LogP contribution is 2.31. The molecule has 1 aromatic heterocycles. The average Bonchev–Trinajstić information content (AvgIpc) is 3.28. The Bertz CT molecular complexity index is 1150. The number of rotatable bonds is 11. The third-order valence-corrected chi connectivity index (χ3v) is 6.72. The first-order valence-corrected chi connectivity index (χ1v) is 12.8. The van der Waals surface area contributed by atoms with Crippen LogP contribution in [-0.4, -0.2) is 58.8 Å². The van der Waals surface area contributed by atoms with Crippen molar-refractivity contribution in [2.45, 2.75) is 51.8 Å². The Kier molecular flexibility index (Phi) is 8.77. The minimum Gasteiger partial charge on any atom is -0.493 e. The molecule has 0 radical (unpaired) electrons. The molecular weight excluding hydrogens is 478 g/mol. The van der Waals surface area contributed by atoms with E-state index >= 15 is 0 Å². The van der Waals surface area contributed by atoms with Gasteiger partial charge in [-0.2, -0.15) is 5.10 Å². The first-order valence-electron chi connectivity index (χ1n) is 12.5. The number of aliphatic hydroxyl groups is 1. The first-order chi connectivity index (χ1) is 17.3. The molecule has 1 fully saturated rings. The molecule has 0 saturated carbocycles. The lowest BCUT2D eigenvalue weighted by atomic mass is 9.93. The summed E-state index contributed by atoms with van der Waals surface area (Å²) in [5.74, 6) is 2.06. The van der Waals surface area contributed by atoms with Crippen molar-refractivity contribution in [3.8, 4) is 17.2 Å². The lowest BCUT2D eigenvalue weighted by Gasteiger charge is -2.39. The summed E-state index contributed by atoms with van der Waals surface area (Å²) in [5, 5.41) is 16.1. The quantitative estimate of drug-likeness (QED) is 0.362. The van der Waals surface area contributed by atoms with Crippen LogP contribution in [0.1, 0.15) is 36.0 Å². The second-order valence-electron chi connectivity index (χ2n) is 9.73. The molecule has 36 heavy (non-hydrogen) atoms. The Morgan fingerprint density at radius 1 is 1.06 bits per heavy atom. The second kappa shape index (κ2) is 12.0. The SMILES string of the molecule is COc1cc(CN2CCCC(O)(COc3cc(C)ccc3Cl)C2)ccc1OCCCn1cc(C)cn1. The zero-order valence-electron chi connectivity index (χ0n) is 21.4. The lowest BCUT2D eigenvalue weighted by Crippen LogP contribution is -2.51. The largest absolute Gasteiger partial charge is 0.493 e. The molecule has 2 heterocycles. The van der Waals surface area contributed by atoms with Gasteiger partial charge in [-0.05, 0) is 74.2 Å². The number of ether oxygens (including phenoxy) is 3. The molecule has 1 saturated heterocycles. The smallest absolute Gasteiger partial charge is 0.161 e. The summed E-state index contributed by atoms with van der Waals surface area (Å²) in [6, 6.07) is 11.7. The zero-order chi connectivity index (χ0) is 25.5. The number of aromatic nitrogens is 2. The van der Waals surface area contributed by atoms with Crippen molar-refractivity contribution in [1.82, 2.24) is 14.7 Å². The fraction of sp³-hybridized carbons (Fsp3) is 0.464. The summed E-state index contributed by atoms with van der Waals surface area (Å²) in [6.07, 6.45) is 6.34. The number of β-amino-alcohol motifs (C(OH)–C–C–N with tert-alkyl or cyclic N) is 1. The van der Waals surface area contributed by atoms with Crippen LogP contribution in [0.2, 0.25) is 5.02 Å². The third-order valence-electron chi connectivity index (χ3n) is 6.40. The normalized spacial score (nSPS) is 18.2. The average molecular weight is 514 g/mol. The number of hydrogen-bond donors (Lipinski definition) is 1. The van der Waals surface area contributed by atoms with Crippen LogP contribution < -0.4 is 14.2 Å². The summed E-state index contributed by atoms with van der Waals surface area (Å²) in [5.41, 5.74) is 2.41. The second-order valence-corrected chi connectivity index (χ2v) is 10.1. The van der Waals surface area contributed by atoms with Gasteiger partial charge in [0.25, 0.3) is 0 Å². The monoisotopic (exact) mass is 513 g/mol. The fourth-order valence-corrected chi connectivity index (χ4v) is 4.75. The van der Waals surface area contributed by atoms with Crippen molar-refractivity contribution < 1.29 is 19.3 Å². The molecule has 8 heteroatoms. The van der Waals surface area contributed by atoms with Gasteiger partial charge in [0, 0.05) is 32.3 Å². The van der Waals surface area contributed by atoms with Gasteiger partial charge >= 0.3 is 0 Å². The van der Waals surface area contributed by atoms with Crippen molar-refractivity contribution in [3.63, 3.8) is 0 Å². The minimum absolute atomic E-state index is 0.209. The molecule has 0 bridgehead atoms. The van der Waals surface area contributed by atoms with E-state index < -0.39 is 5.60 Å². The maximum Gasteiger partial charge on any atom is 0.161 e. The highest BCUT2D eigenvalue weighted by Gasteiger charge is 2.34. The maximum atomic E-state index is 11.2. The van der Waals surface area contributed by atoms with Crippen LogP contribution in [-0.2, 0) is 13.1 Å². The van der Waals surface area contributed by atoms with Crippen molar-refractivity contribution in [1.29, 1.82) is 0 Å². The van der Waals surface area contributed by atoms with Crippen LogP contribution in [0.25, 0.3) is 0 Å². The summed E-state index contributed by atoms with van der Waals surface area (Å²) < 4.78 is 19.4. The molecule has 0 spiro atoms. The standard InChI is InChI=1S/C28H36ClN3O4/c1-21-6-8-24(29)26(14-21)36-20-28(33)10-4-11-31(19-28)18-23-7-9-25(27(15-23)34-3)35-13-5-12-32-17-22(2)16-30-32/h6-9,14-17,33H,4-5,10-13,18-20H2,1-3H3. The van der Waals surface area contributed by atoms with Gasteiger partial charge in [-0.15, -0.1) is 0 Å². The van der Waals surface area contributed by atoms with Gasteiger partial charge in [0.2, 0.25) is 0 Å². The number of piperidine rings is 1. The number of likely N-dealkylation sites (tertiary alicyclic amines) is 1. The Hall–Kier alpha value is -2.74. The van der Waals surface area contributed by atoms with E-state index in [0.29, 0.717) is 42.6 Å². The highest BCUT2D eigenvalue weighted by atomic mass is 35.5. The summed E-state index contributed by atoms with van der Waals surface area (Å²) in [6.45, 7) is 7.79. The minimum atomic E-state index is -0.925. The van der Waals surface area contributed by atoms with Gasteiger partial charge < -0.3 is 19.3 Å². The molecule has 1 N–H and O–H groups in total. The van der Waals surface area contributed by atoms with Crippen LogP contribution in [0, 0.1) is 13.8 Å². The molecule has 1 atom stereocenters. The molecule has 3 aromatic rings. The molecular formula is C28H36ClN3O4. The zero-order valence-corrected chi connectivity index (χ0v) is 22.1. The van der Waals surface area contributed by atoms with Gasteiger partial charge in [0.1, 0.15) is 18.0 Å². The molecule has 7 nitrogen and oxygen atoms in total.